The van der Waals surface area contributed by atoms with Gasteiger partial charge in [0.25, 0.3) is 0 Å². The molecule has 0 aliphatic carbocycles. The highest BCUT2D eigenvalue weighted by Crippen LogP contribution is 2.15. The minimum atomic E-state index is 0.685. The third-order valence-corrected chi connectivity index (χ3v) is 4.48. The summed E-state index contributed by atoms with van der Waals surface area (Å²) in [4.78, 5) is 0. The van der Waals surface area contributed by atoms with Crippen LogP contribution in [0.5, 0.6) is 0 Å². The van der Waals surface area contributed by atoms with Gasteiger partial charge in [0.2, 0.25) is 0 Å². The van der Waals surface area contributed by atoms with Crippen LogP contribution >= 0.6 is 0 Å². The van der Waals surface area contributed by atoms with Gasteiger partial charge in [-0.1, -0.05) is 23.4 Å². The summed E-state index contributed by atoms with van der Waals surface area (Å²) >= 11 is 0. The number of nitrogens with zero attached hydrogens (tertiary/aromatic N) is 5. The first-order valence-electron chi connectivity index (χ1n) is 8.55. The smallest absolute Gasteiger partial charge is 0.0830 e. The predicted molar refractivity (Wildman–Crippen MR) is 92.0 cm³/mol. The van der Waals surface area contributed by atoms with Gasteiger partial charge in [0, 0.05) is 18.0 Å². The largest absolute Gasteiger partial charge is 0.316 e. The second kappa shape index (κ2) is 6.97. The maximum absolute atomic E-state index is 4.43. The van der Waals surface area contributed by atoms with Crippen molar-refractivity contribution in [2.45, 2.75) is 25.8 Å². The van der Waals surface area contributed by atoms with E-state index in [1.165, 1.54) is 12.8 Å². The van der Waals surface area contributed by atoms with Crippen LogP contribution < -0.4 is 5.32 Å². The highest BCUT2D eigenvalue weighted by molar-refractivity contribution is 5.30. The van der Waals surface area contributed by atoms with Crippen molar-refractivity contribution in [3.63, 3.8) is 0 Å². The van der Waals surface area contributed by atoms with Gasteiger partial charge in [-0.15, -0.1) is 5.10 Å². The topological polar surface area (TPSA) is 60.6 Å². The van der Waals surface area contributed by atoms with Gasteiger partial charge >= 0.3 is 0 Å². The monoisotopic (exact) mass is 322 g/mol. The summed E-state index contributed by atoms with van der Waals surface area (Å²) in [5.41, 5.74) is 3.27. The Morgan fingerprint density at radius 2 is 2.08 bits per heavy atom. The van der Waals surface area contributed by atoms with Gasteiger partial charge in [0.15, 0.2) is 0 Å². The Kier molecular flexibility index (Phi) is 4.38. The zero-order valence-corrected chi connectivity index (χ0v) is 13.7. The van der Waals surface area contributed by atoms with E-state index in [1.54, 1.807) is 0 Å². The molecule has 4 rings (SSSR count). The molecule has 2 aromatic heterocycles. The lowest BCUT2D eigenvalue weighted by molar-refractivity contribution is 0.373. The van der Waals surface area contributed by atoms with Crippen molar-refractivity contribution >= 4 is 0 Å². The molecule has 1 aliphatic heterocycles. The normalized spacial score (nSPS) is 17.9. The number of para-hydroxylation sites is 1. The van der Waals surface area contributed by atoms with E-state index in [4.69, 9.17) is 0 Å². The van der Waals surface area contributed by atoms with E-state index in [0.29, 0.717) is 12.5 Å². The van der Waals surface area contributed by atoms with Crippen molar-refractivity contribution < 1.29 is 0 Å². The Morgan fingerprint density at radius 3 is 2.92 bits per heavy atom. The molecule has 3 aromatic rings. The van der Waals surface area contributed by atoms with Gasteiger partial charge in [0.05, 0.1) is 24.1 Å². The maximum atomic E-state index is 4.43. The van der Waals surface area contributed by atoms with Crippen molar-refractivity contribution in [1.29, 1.82) is 0 Å². The molecule has 6 heteroatoms. The van der Waals surface area contributed by atoms with E-state index in [2.05, 4.69) is 26.9 Å². The summed E-state index contributed by atoms with van der Waals surface area (Å²) in [6, 6.07) is 10.1. The molecular formula is C18H22N6. The number of rotatable bonds is 5. The average molecular weight is 322 g/mol. The lowest BCUT2D eigenvalue weighted by atomic mass is 9.95. The number of hydrogen-bond donors (Lipinski definition) is 1. The molecule has 1 fully saturated rings. The van der Waals surface area contributed by atoms with Gasteiger partial charge in [-0.2, -0.15) is 5.10 Å². The summed E-state index contributed by atoms with van der Waals surface area (Å²) in [6.07, 6.45) is 9.55. The summed E-state index contributed by atoms with van der Waals surface area (Å²) in [5, 5.41) is 16.5. The molecule has 0 radical (unpaired) electrons. The van der Waals surface area contributed by atoms with Gasteiger partial charge in [-0.3, -0.25) is 0 Å². The molecule has 1 aromatic carbocycles. The van der Waals surface area contributed by atoms with Gasteiger partial charge < -0.3 is 5.32 Å². The molecule has 6 nitrogen and oxygen atoms in total. The van der Waals surface area contributed by atoms with Gasteiger partial charge in [0.1, 0.15) is 0 Å². The number of aromatic nitrogens is 5. The Hall–Kier alpha value is -2.47. The molecular weight excluding hydrogens is 300 g/mol. The third-order valence-electron chi connectivity index (χ3n) is 4.48. The molecule has 0 saturated carbocycles. The van der Waals surface area contributed by atoms with Crippen molar-refractivity contribution in [3.8, 4) is 5.69 Å². The summed E-state index contributed by atoms with van der Waals surface area (Å²) < 4.78 is 3.79. The van der Waals surface area contributed by atoms with Crippen LogP contribution in [0.4, 0.5) is 0 Å². The van der Waals surface area contributed by atoms with Gasteiger partial charge in [-0.25, -0.2) is 9.36 Å². The number of piperidine rings is 1. The quantitative estimate of drug-likeness (QED) is 0.781. The molecule has 0 amide bonds. The second-order valence-electron chi connectivity index (χ2n) is 6.45. The zero-order valence-electron chi connectivity index (χ0n) is 13.7. The van der Waals surface area contributed by atoms with E-state index in [1.807, 2.05) is 52.1 Å². The molecule has 1 aliphatic rings. The van der Waals surface area contributed by atoms with E-state index < -0.39 is 0 Å². The molecule has 1 unspecified atom stereocenters. The lowest BCUT2D eigenvalue weighted by Crippen LogP contribution is -2.30. The van der Waals surface area contributed by atoms with Crippen molar-refractivity contribution in [1.82, 2.24) is 30.1 Å². The first kappa shape index (κ1) is 15.1. The Labute approximate surface area is 141 Å². The Morgan fingerprint density at radius 1 is 1.17 bits per heavy atom. The van der Waals surface area contributed by atoms with Crippen LogP contribution in [0.2, 0.25) is 0 Å². The number of hydrogen-bond acceptors (Lipinski definition) is 4. The van der Waals surface area contributed by atoms with Crippen LogP contribution in [0, 0.1) is 5.92 Å². The molecule has 24 heavy (non-hydrogen) atoms. The molecule has 124 valence electrons. The number of nitrogens with one attached hydrogen (secondary N) is 1. The first-order valence-corrected chi connectivity index (χ1v) is 8.55. The minimum Gasteiger partial charge on any atom is -0.316 e. The predicted octanol–water partition coefficient (Wildman–Crippen LogP) is 2.05. The van der Waals surface area contributed by atoms with Crippen molar-refractivity contribution in [2.24, 2.45) is 5.92 Å². The summed E-state index contributed by atoms with van der Waals surface area (Å²) in [6.45, 7) is 2.94. The van der Waals surface area contributed by atoms with Gasteiger partial charge in [-0.05, 0) is 50.4 Å². The SMILES string of the molecule is c1ccc(-n2cc(Cn3cc(CC4CCCNC4)nn3)cn2)cc1. The van der Waals surface area contributed by atoms with Crippen molar-refractivity contribution in [2.75, 3.05) is 13.1 Å². The molecule has 1 N–H and O–H groups in total. The zero-order chi connectivity index (χ0) is 16.2. The first-order chi connectivity index (χ1) is 11.9. The minimum absolute atomic E-state index is 0.685. The van der Waals surface area contributed by atoms with Crippen LogP contribution in [0.1, 0.15) is 24.1 Å². The number of benzene rings is 1. The fourth-order valence-electron chi connectivity index (χ4n) is 3.25. The van der Waals surface area contributed by atoms with Crippen LogP contribution in [-0.4, -0.2) is 37.9 Å². The molecule has 1 atom stereocenters. The Balaban J connectivity index is 1.40. The molecule has 3 heterocycles. The van der Waals surface area contributed by atoms with E-state index >= 15 is 0 Å². The molecule has 1 saturated heterocycles. The third kappa shape index (κ3) is 3.54. The van der Waals surface area contributed by atoms with E-state index in [0.717, 1.165) is 36.5 Å². The fourth-order valence-corrected chi connectivity index (χ4v) is 3.25. The lowest BCUT2D eigenvalue weighted by Gasteiger charge is -2.21. The maximum Gasteiger partial charge on any atom is 0.0830 e. The standard InChI is InChI=1S/C18H22N6/c1-2-6-18(7-3-1)24-13-16(11-20-24)12-23-14-17(21-22-23)9-15-5-4-8-19-10-15/h1-3,6-7,11,13-15,19H,4-5,8-10,12H2. The highest BCUT2D eigenvalue weighted by Gasteiger charge is 2.15. The highest BCUT2D eigenvalue weighted by atomic mass is 15.4. The molecule has 0 bridgehead atoms. The van der Waals surface area contributed by atoms with E-state index in [-0.39, 0.29) is 0 Å². The van der Waals surface area contributed by atoms with Crippen LogP contribution in [0.15, 0.2) is 48.9 Å². The summed E-state index contributed by atoms with van der Waals surface area (Å²) in [5.74, 6) is 0.685. The van der Waals surface area contributed by atoms with E-state index in [9.17, 15) is 0 Å². The van der Waals surface area contributed by atoms with Crippen LogP contribution in [0.3, 0.4) is 0 Å². The average Bonchev–Trinajstić information content (AvgIpc) is 3.27. The van der Waals surface area contributed by atoms with Crippen LogP contribution in [0.25, 0.3) is 5.69 Å². The van der Waals surface area contributed by atoms with Crippen molar-refractivity contribution in [3.05, 3.63) is 60.2 Å². The Bertz CT molecular complexity index is 770. The fraction of sp³-hybridized carbons (Fsp3) is 0.389. The molecule has 0 spiro atoms. The second-order valence-corrected chi connectivity index (χ2v) is 6.45. The van der Waals surface area contributed by atoms with Crippen LogP contribution in [-0.2, 0) is 13.0 Å². The summed E-state index contributed by atoms with van der Waals surface area (Å²) in [7, 11) is 0.